The molecule has 0 aromatic heterocycles. The summed E-state index contributed by atoms with van der Waals surface area (Å²) in [6, 6.07) is 0.343. The van der Waals surface area contributed by atoms with Crippen molar-refractivity contribution < 1.29 is 13.2 Å². The monoisotopic (exact) mass is 326 g/mol. The third kappa shape index (κ3) is 5.64. The van der Waals surface area contributed by atoms with E-state index in [1.54, 1.807) is 0 Å². The van der Waals surface area contributed by atoms with E-state index in [-0.39, 0.29) is 23.1 Å². The molecular weight excluding hydrogens is 297 g/mol. The van der Waals surface area contributed by atoms with Crippen molar-refractivity contribution in [3.63, 3.8) is 0 Å². The number of nitrogens with one attached hydrogen (secondary N) is 1. The Balaban J connectivity index is 2.69. The van der Waals surface area contributed by atoms with E-state index in [0.29, 0.717) is 18.5 Å². The minimum atomic E-state index is -4.12. The van der Waals surface area contributed by atoms with E-state index < -0.39 is 5.51 Å². The van der Waals surface area contributed by atoms with Gasteiger partial charge in [-0.3, -0.25) is 4.90 Å². The van der Waals surface area contributed by atoms with Crippen molar-refractivity contribution in [3.05, 3.63) is 0 Å². The van der Waals surface area contributed by atoms with Gasteiger partial charge in [-0.05, 0) is 30.5 Å². The number of hydrogen-bond acceptors (Lipinski definition) is 3. The zero-order valence-electron chi connectivity index (χ0n) is 13.6. The van der Waals surface area contributed by atoms with Gasteiger partial charge in [0.2, 0.25) is 0 Å². The quantitative estimate of drug-likeness (QED) is 0.758. The number of piperazine rings is 1. The first kappa shape index (κ1) is 19.1. The summed E-state index contributed by atoms with van der Waals surface area (Å²) in [5.74, 6) is 0.625. The van der Waals surface area contributed by atoms with Crippen LogP contribution in [0.2, 0.25) is 0 Å². The number of halogens is 3. The molecule has 1 aliphatic rings. The van der Waals surface area contributed by atoms with Gasteiger partial charge in [-0.15, -0.1) is 0 Å². The minimum absolute atomic E-state index is 0.0624. The molecule has 1 saturated heterocycles. The van der Waals surface area contributed by atoms with E-state index >= 15 is 0 Å². The summed E-state index contributed by atoms with van der Waals surface area (Å²) in [5, 5.41) is 3.66. The molecule has 2 nitrogen and oxygen atoms in total. The lowest BCUT2D eigenvalue weighted by Gasteiger charge is -2.49. The van der Waals surface area contributed by atoms with Gasteiger partial charge in [-0.25, -0.2) is 0 Å². The van der Waals surface area contributed by atoms with Gasteiger partial charge < -0.3 is 5.32 Å². The molecule has 1 rings (SSSR count). The normalized spacial score (nSPS) is 25.0. The molecule has 0 aromatic rings. The van der Waals surface area contributed by atoms with Crippen LogP contribution in [0, 0.1) is 5.92 Å². The van der Waals surface area contributed by atoms with Gasteiger partial charge in [0.25, 0.3) is 0 Å². The van der Waals surface area contributed by atoms with Gasteiger partial charge in [0.05, 0.1) is 0 Å². The molecule has 0 radical (unpaired) electrons. The van der Waals surface area contributed by atoms with Crippen molar-refractivity contribution in [1.82, 2.24) is 10.2 Å². The van der Waals surface area contributed by atoms with Crippen LogP contribution in [0.25, 0.3) is 0 Å². The lowest BCUT2D eigenvalue weighted by Crippen LogP contribution is -2.65. The second-order valence-corrected chi connectivity index (χ2v) is 7.25. The fraction of sp³-hybridized carbons (Fsp3) is 1.00. The number of alkyl halides is 3. The summed E-state index contributed by atoms with van der Waals surface area (Å²) >= 11 is 0.102. The lowest BCUT2D eigenvalue weighted by molar-refractivity contribution is -0.0331. The minimum Gasteiger partial charge on any atom is -0.308 e. The first-order valence-corrected chi connectivity index (χ1v) is 8.95. The second kappa shape index (κ2) is 8.06. The zero-order valence-corrected chi connectivity index (χ0v) is 14.4. The molecule has 1 fully saturated rings. The van der Waals surface area contributed by atoms with E-state index in [0.717, 1.165) is 32.4 Å². The maximum absolute atomic E-state index is 12.3. The van der Waals surface area contributed by atoms with Gasteiger partial charge in [0, 0.05) is 37.0 Å². The highest BCUT2D eigenvalue weighted by atomic mass is 32.2. The molecule has 21 heavy (non-hydrogen) atoms. The SMILES string of the molecule is CCC(C)C1CNC(CC)(CC)CN1CCSC(F)(F)F. The fourth-order valence-electron chi connectivity index (χ4n) is 3.09. The molecule has 0 aliphatic carbocycles. The Morgan fingerprint density at radius 3 is 2.38 bits per heavy atom. The molecule has 0 bridgehead atoms. The van der Waals surface area contributed by atoms with Crippen molar-refractivity contribution in [2.24, 2.45) is 5.92 Å². The summed E-state index contributed by atoms with van der Waals surface area (Å²) in [6.45, 7) is 10.9. The van der Waals surface area contributed by atoms with Crippen LogP contribution >= 0.6 is 11.8 Å². The molecule has 0 amide bonds. The molecule has 0 spiro atoms. The summed E-state index contributed by atoms with van der Waals surface area (Å²) in [7, 11) is 0. The van der Waals surface area contributed by atoms with Crippen molar-refractivity contribution >= 4 is 11.8 Å². The van der Waals surface area contributed by atoms with Gasteiger partial charge in [-0.2, -0.15) is 13.2 Å². The summed E-state index contributed by atoms with van der Waals surface area (Å²) in [6.07, 6.45) is 3.08. The first-order valence-electron chi connectivity index (χ1n) is 7.96. The van der Waals surface area contributed by atoms with E-state index in [4.69, 9.17) is 0 Å². The molecule has 1 heterocycles. The zero-order chi connectivity index (χ0) is 16.1. The van der Waals surface area contributed by atoms with E-state index in [9.17, 15) is 13.2 Å². The fourth-order valence-corrected chi connectivity index (χ4v) is 3.65. The largest absolute Gasteiger partial charge is 0.441 e. The smallest absolute Gasteiger partial charge is 0.308 e. The maximum atomic E-state index is 12.3. The van der Waals surface area contributed by atoms with Crippen molar-refractivity contribution in [2.45, 2.75) is 64.0 Å². The lowest BCUT2D eigenvalue weighted by atomic mass is 9.85. The second-order valence-electron chi connectivity index (χ2n) is 6.09. The molecule has 0 saturated carbocycles. The highest BCUT2D eigenvalue weighted by Crippen LogP contribution is 2.31. The van der Waals surface area contributed by atoms with E-state index in [2.05, 4.69) is 37.9 Å². The van der Waals surface area contributed by atoms with Crippen LogP contribution in [0.1, 0.15) is 47.0 Å². The van der Waals surface area contributed by atoms with Crippen molar-refractivity contribution in [3.8, 4) is 0 Å². The first-order chi connectivity index (χ1) is 9.77. The van der Waals surface area contributed by atoms with Gasteiger partial charge >= 0.3 is 5.51 Å². The van der Waals surface area contributed by atoms with Crippen LogP contribution in [0.15, 0.2) is 0 Å². The molecule has 1 N–H and O–H groups in total. The number of hydrogen-bond donors (Lipinski definition) is 1. The van der Waals surface area contributed by atoms with Crippen LogP contribution in [0.4, 0.5) is 13.2 Å². The van der Waals surface area contributed by atoms with Crippen molar-refractivity contribution in [2.75, 3.05) is 25.4 Å². The Morgan fingerprint density at radius 1 is 1.29 bits per heavy atom. The van der Waals surface area contributed by atoms with Gasteiger partial charge in [-0.1, -0.05) is 34.1 Å². The molecular formula is C15H29F3N2S. The number of nitrogens with zero attached hydrogens (tertiary/aromatic N) is 1. The average Bonchev–Trinajstić information content (AvgIpc) is 2.45. The van der Waals surface area contributed by atoms with Crippen molar-refractivity contribution in [1.29, 1.82) is 0 Å². The summed E-state index contributed by atoms with van der Waals surface area (Å²) in [4.78, 5) is 2.29. The highest BCUT2D eigenvalue weighted by molar-refractivity contribution is 8.00. The Hall–Kier alpha value is 0.0600. The predicted octanol–water partition coefficient (Wildman–Crippen LogP) is 4.12. The third-order valence-electron chi connectivity index (χ3n) is 4.96. The van der Waals surface area contributed by atoms with E-state index in [1.807, 2.05) is 0 Å². The summed E-state index contributed by atoms with van der Waals surface area (Å²) < 4.78 is 37.0. The van der Waals surface area contributed by atoms with Crippen LogP contribution in [-0.2, 0) is 0 Å². The molecule has 6 heteroatoms. The van der Waals surface area contributed by atoms with Crippen LogP contribution in [-0.4, -0.2) is 47.4 Å². The standard InChI is InChI=1S/C15H29F3N2S/c1-5-12(4)13-10-19-14(6-2,7-3)11-20(13)8-9-21-15(16,17)18/h12-13,19H,5-11H2,1-4H3. The Kier molecular flexibility index (Phi) is 7.34. The van der Waals surface area contributed by atoms with Gasteiger partial charge in [0.1, 0.15) is 0 Å². The van der Waals surface area contributed by atoms with Crippen LogP contribution in [0.3, 0.4) is 0 Å². The van der Waals surface area contributed by atoms with E-state index in [1.165, 1.54) is 0 Å². The Labute approximate surface area is 131 Å². The molecule has 2 atom stereocenters. The average molecular weight is 326 g/mol. The van der Waals surface area contributed by atoms with Crippen LogP contribution in [0.5, 0.6) is 0 Å². The maximum Gasteiger partial charge on any atom is 0.441 e. The number of rotatable bonds is 7. The topological polar surface area (TPSA) is 15.3 Å². The highest BCUT2D eigenvalue weighted by Gasteiger charge is 2.38. The number of thioether (sulfide) groups is 1. The molecule has 126 valence electrons. The molecule has 1 aliphatic heterocycles. The van der Waals surface area contributed by atoms with Gasteiger partial charge in [0.15, 0.2) is 0 Å². The molecule has 0 aromatic carbocycles. The Bertz CT molecular complexity index is 306. The molecule has 2 unspecified atom stereocenters. The third-order valence-corrected chi connectivity index (χ3v) is 5.67. The Morgan fingerprint density at radius 2 is 1.90 bits per heavy atom. The predicted molar refractivity (Wildman–Crippen MR) is 84.6 cm³/mol. The summed E-state index contributed by atoms with van der Waals surface area (Å²) in [5.41, 5.74) is -4.06. The van der Waals surface area contributed by atoms with Crippen LogP contribution < -0.4 is 5.32 Å².